The zero-order valence-corrected chi connectivity index (χ0v) is 19.9. The molecule has 3 N–H and O–H groups in total. The molecular formula is C19H29IN4OS2. The summed E-state index contributed by atoms with van der Waals surface area (Å²) in [6, 6.07) is 4.20. The van der Waals surface area contributed by atoms with Crippen LogP contribution in [-0.2, 0) is 18.6 Å². The number of nitrogens with one attached hydrogen (secondary N) is 2. The molecule has 3 heterocycles. The topological polar surface area (TPSA) is 59.9 Å². The fourth-order valence-electron chi connectivity index (χ4n) is 3.07. The second-order valence-corrected chi connectivity index (χ2v) is 8.58. The van der Waals surface area contributed by atoms with Gasteiger partial charge in [0.15, 0.2) is 5.96 Å². The number of fused-ring (bicyclic) bond motifs is 1. The van der Waals surface area contributed by atoms with Crippen molar-refractivity contribution < 1.29 is 5.11 Å². The monoisotopic (exact) mass is 520 g/mol. The first-order valence-corrected chi connectivity index (χ1v) is 11.0. The number of aliphatic hydroxyl groups is 1. The molecule has 0 saturated carbocycles. The standard InChI is InChI=1S/C19H28N4OS2.HI/c1-3-20-18(22-14-19(2,24)16-6-10-25-13-16)21-7-9-23-8-4-17-15(12-23)5-11-26-17;/h5-6,10-11,13,24H,3-4,7-9,12,14H2,1-2H3,(H2,20,21,22);1H. The van der Waals surface area contributed by atoms with Gasteiger partial charge in [-0.2, -0.15) is 11.3 Å². The van der Waals surface area contributed by atoms with Gasteiger partial charge in [0, 0.05) is 37.6 Å². The van der Waals surface area contributed by atoms with Crippen LogP contribution >= 0.6 is 46.7 Å². The van der Waals surface area contributed by atoms with Crippen LogP contribution in [0.3, 0.4) is 0 Å². The predicted octanol–water partition coefficient (Wildman–Crippen LogP) is 3.25. The van der Waals surface area contributed by atoms with Crippen LogP contribution < -0.4 is 10.6 Å². The highest BCUT2D eigenvalue weighted by molar-refractivity contribution is 14.0. The number of hydrogen-bond acceptors (Lipinski definition) is 5. The molecule has 150 valence electrons. The summed E-state index contributed by atoms with van der Waals surface area (Å²) in [7, 11) is 0. The maximum absolute atomic E-state index is 10.6. The number of nitrogens with zero attached hydrogens (tertiary/aromatic N) is 2. The lowest BCUT2D eigenvalue weighted by molar-refractivity contribution is 0.0677. The molecule has 0 saturated heterocycles. The normalized spacial score (nSPS) is 16.9. The summed E-state index contributed by atoms with van der Waals surface area (Å²) in [6.45, 7) is 8.99. The molecule has 8 heteroatoms. The fraction of sp³-hybridized carbons (Fsp3) is 0.526. The third-order valence-electron chi connectivity index (χ3n) is 4.64. The van der Waals surface area contributed by atoms with Gasteiger partial charge in [0.25, 0.3) is 0 Å². The van der Waals surface area contributed by atoms with Crippen molar-refractivity contribution in [2.75, 3.05) is 32.7 Å². The highest BCUT2D eigenvalue weighted by atomic mass is 127. The molecule has 1 aliphatic rings. The zero-order chi connectivity index (χ0) is 18.4. The Bertz CT molecular complexity index is 715. The van der Waals surface area contributed by atoms with Gasteiger partial charge in [-0.1, -0.05) is 0 Å². The summed E-state index contributed by atoms with van der Waals surface area (Å²) in [5.74, 6) is 0.760. The van der Waals surface area contributed by atoms with E-state index in [1.807, 2.05) is 35.1 Å². The van der Waals surface area contributed by atoms with E-state index < -0.39 is 5.60 Å². The molecule has 27 heavy (non-hydrogen) atoms. The van der Waals surface area contributed by atoms with Crippen LogP contribution in [0.15, 0.2) is 33.3 Å². The van der Waals surface area contributed by atoms with E-state index in [1.165, 1.54) is 5.56 Å². The zero-order valence-electron chi connectivity index (χ0n) is 15.9. The molecule has 0 fully saturated rings. The summed E-state index contributed by atoms with van der Waals surface area (Å²) < 4.78 is 0. The van der Waals surface area contributed by atoms with E-state index in [1.54, 1.807) is 16.2 Å². The molecule has 0 aliphatic carbocycles. The molecule has 0 amide bonds. The van der Waals surface area contributed by atoms with Crippen molar-refractivity contribution in [1.29, 1.82) is 0 Å². The van der Waals surface area contributed by atoms with Gasteiger partial charge in [-0.15, -0.1) is 35.3 Å². The van der Waals surface area contributed by atoms with Crippen molar-refractivity contribution in [2.24, 2.45) is 4.99 Å². The number of thiophene rings is 2. The van der Waals surface area contributed by atoms with E-state index in [2.05, 4.69) is 38.9 Å². The van der Waals surface area contributed by atoms with Crippen LogP contribution in [0.1, 0.15) is 29.9 Å². The Morgan fingerprint density at radius 3 is 2.93 bits per heavy atom. The molecule has 1 aliphatic heterocycles. The van der Waals surface area contributed by atoms with E-state index in [0.29, 0.717) is 6.54 Å². The molecule has 0 radical (unpaired) electrons. The van der Waals surface area contributed by atoms with Crippen molar-refractivity contribution in [3.05, 3.63) is 44.3 Å². The molecule has 0 bridgehead atoms. The lowest BCUT2D eigenvalue weighted by Gasteiger charge is -2.27. The Kier molecular flexibility index (Phi) is 9.00. The summed E-state index contributed by atoms with van der Waals surface area (Å²) >= 11 is 3.47. The Hall–Kier alpha value is -0.680. The SMILES string of the molecule is CCNC(=NCC(C)(O)c1ccsc1)NCCN1CCc2sccc2C1.I. The van der Waals surface area contributed by atoms with Crippen LogP contribution in [0.5, 0.6) is 0 Å². The molecule has 1 atom stereocenters. The maximum atomic E-state index is 10.6. The summed E-state index contributed by atoms with van der Waals surface area (Å²) in [5.41, 5.74) is 1.46. The molecule has 0 aromatic carbocycles. The Morgan fingerprint density at radius 2 is 2.19 bits per heavy atom. The minimum absolute atomic E-state index is 0. The first-order valence-electron chi connectivity index (χ1n) is 9.13. The largest absolute Gasteiger partial charge is 0.383 e. The van der Waals surface area contributed by atoms with Crippen LogP contribution in [0.4, 0.5) is 0 Å². The smallest absolute Gasteiger partial charge is 0.191 e. The van der Waals surface area contributed by atoms with Crippen molar-refractivity contribution in [3.63, 3.8) is 0 Å². The Morgan fingerprint density at radius 1 is 1.33 bits per heavy atom. The molecule has 0 spiro atoms. The van der Waals surface area contributed by atoms with Crippen LogP contribution in [0, 0.1) is 0 Å². The molecular weight excluding hydrogens is 491 g/mol. The number of hydrogen-bond donors (Lipinski definition) is 3. The molecule has 2 aromatic heterocycles. The third kappa shape index (κ3) is 6.42. The maximum Gasteiger partial charge on any atom is 0.191 e. The minimum Gasteiger partial charge on any atom is -0.383 e. The van der Waals surface area contributed by atoms with Gasteiger partial charge in [-0.05, 0) is 59.7 Å². The average molecular weight is 521 g/mol. The Labute approximate surface area is 186 Å². The molecule has 2 aromatic rings. The summed E-state index contributed by atoms with van der Waals surface area (Å²) in [4.78, 5) is 8.60. The average Bonchev–Trinajstić information content (AvgIpc) is 3.31. The number of halogens is 1. The van der Waals surface area contributed by atoms with E-state index in [4.69, 9.17) is 0 Å². The predicted molar refractivity (Wildman–Crippen MR) is 127 cm³/mol. The summed E-state index contributed by atoms with van der Waals surface area (Å²) in [5, 5.41) is 23.4. The van der Waals surface area contributed by atoms with Crippen LogP contribution in [-0.4, -0.2) is 48.7 Å². The van der Waals surface area contributed by atoms with Crippen molar-refractivity contribution in [2.45, 2.75) is 32.4 Å². The Balaban J connectivity index is 0.00000261. The second-order valence-electron chi connectivity index (χ2n) is 6.80. The van der Waals surface area contributed by atoms with Crippen molar-refractivity contribution >= 4 is 52.6 Å². The number of guanidine groups is 1. The minimum atomic E-state index is -0.940. The number of rotatable bonds is 7. The van der Waals surface area contributed by atoms with Gasteiger partial charge in [-0.25, -0.2) is 4.99 Å². The van der Waals surface area contributed by atoms with Crippen LogP contribution in [0.2, 0.25) is 0 Å². The lowest BCUT2D eigenvalue weighted by Crippen LogP contribution is -2.43. The van der Waals surface area contributed by atoms with Gasteiger partial charge in [-0.3, -0.25) is 4.90 Å². The summed E-state index contributed by atoms with van der Waals surface area (Å²) in [6.07, 6.45) is 1.16. The first-order chi connectivity index (χ1) is 12.6. The van der Waals surface area contributed by atoms with Crippen molar-refractivity contribution in [3.8, 4) is 0 Å². The van der Waals surface area contributed by atoms with Gasteiger partial charge >= 0.3 is 0 Å². The third-order valence-corrected chi connectivity index (χ3v) is 6.35. The van der Waals surface area contributed by atoms with Gasteiger partial charge < -0.3 is 15.7 Å². The molecule has 3 rings (SSSR count). The highest BCUT2D eigenvalue weighted by Gasteiger charge is 2.23. The van der Waals surface area contributed by atoms with Gasteiger partial charge in [0.2, 0.25) is 0 Å². The van der Waals surface area contributed by atoms with Crippen molar-refractivity contribution in [1.82, 2.24) is 15.5 Å². The fourth-order valence-corrected chi connectivity index (χ4v) is 4.74. The van der Waals surface area contributed by atoms with E-state index in [-0.39, 0.29) is 24.0 Å². The van der Waals surface area contributed by atoms with E-state index >= 15 is 0 Å². The first kappa shape index (κ1) is 22.6. The molecule has 5 nitrogen and oxygen atoms in total. The quantitative estimate of drug-likeness (QED) is 0.298. The van der Waals surface area contributed by atoms with Gasteiger partial charge in [0.1, 0.15) is 5.60 Å². The lowest BCUT2D eigenvalue weighted by atomic mass is 10.00. The van der Waals surface area contributed by atoms with E-state index in [9.17, 15) is 5.11 Å². The molecule has 1 unspecified atom stereocenters. The highest BCUT2D eigenvalue weighted by Crippen LogP contribution is 2.24. The van der Waals surface area contributed by atoms with E-state index in [0.717, 1.165) is 50.7 Å². The van der Waals surface area contributed by atoms with Gasteiger partial charge in [0.05, 0.1) is 6.54 Å². The number of aliphatic imine (C=N–C) groups is 1. The van der Waals surface area contributed by atoms with Crippen LogP contribution in [0.25, 0.3) is 0 Å². The second kappa shape index (κ2) is 10.8.